The van der Waals surface area contributed by atoms with Gasteiger partial charge < -0.3 is 4.90 Å². The molecule has 0 amide bonds. The van der Waals surface area contributed by atoms with Gasteiger partial charge in [0.2, 0.25) is 0 Å². The molecule has 1 aliphatic heterocycles. The fourth-order valence-electron chi connectivity index (χ4n) is 2.61. The van der Waals surface area contributed by atoms with E-state index in [0.29, 0.717) is 28.2 Å². The molecule has 1 fully saturated rings. The van der Waals surface area contributed by atoms with Crippen molar-refractivity contribution in [3.05, 3.63) is 22.6 Å². The highest BCUT2D eigenvalue weighted by Gasteiger charge is 2.30. The van der Waals surface area contributed by atoms with E-state index >= 15 is 0 Å². The van der Waals surface area contributed by atoms with Crippen LogP contribution in [0.15, 0.2) is 16.7 Å². The van der Waals surface area contributed by atoms with E-state index in [1.807, 2.05) is 0 Å². The van der Waals surface area contributed by atoms with Crippen LogP contribution in [0, 0.1) is 17.7 Å². The van der Waals surface area contributed by atoms with Crippen molar-refractivity contribution >= 4 is 21.7 Å². The first kappa shape index (κ1) is 12.8. The summed E-state index contributed by atoms with van der Waals surface area (Å²) in [5.74, 6) is 1.40. The molecule has 2 nitrogen and oxygen atoms in total. The summed E-state index contributed by atoms with van der Waals surface area (Å²) in [5.41, 5.74) is 0. The Hall–Kier alpha value is -0.640. The van der Waals surface area contributed by atoms with Crippen molar-refractivity contribution in [2.75, 3.05) is 11.4 Å². The van der Waals surface area contributed by atoms with Crippen molar-refractivity contribution in [3.8, 4) is 0 Å². The van der Waals surface area contributed by atoms with Crippen molar-refractivity contribution in [3.63, 3.8) is 0 Å². The summed E-state index contributed by atoms with van der Waals surface area (Å²) in [6.07, 6.45) is 2.87. The second-order valence-electron chi connectivity index (χ2n) is 5.17. The molecule has 2 heterocycles. The summed E-state index contributed by atoms with van der Waals surface area (Å²) in [5, 5.41) is 0. The molecule has 94 valence electrons. The van der Waals surface area contributed by atoms with E-state index in [1.165, 1.54) is 12.5 Å². The molecule has 0 aromatic carbocycles. The topological polar surface area (TPSA) is 16.1 Å². The van der Waals surface area contributed by atoms with E-state index in [2.05, 4.69) is 46.6 Å². The number of pyridine rings is 1. The highest BCUT2D eigenvalue weighted by atomic mass is 79.9. The van der Waals surface area contributed by atoms with Crippen LogP contribution in [0.1, 0.15) is 27.2 Å². The third-order valence-corrected chi connectivity index (χ3v) is 4.09. The third-order valence-electron chi connectivity index (χ3n) is 3.66. The van der Waals surface area contributed by atoms with E-state index < -0.39 is 0 Å². The van der Waals surface area contributed by atoms with Crippen LogP contribution in [-0.2, 0) is 0 Å². The third kappa shape index (κ3) is 2.62. The van der Waals surface area contributed by atoms with Gasteiger partial charge in [-0.05, 0) is 47.2 Å². The quantitative estimate of drug-likeness (QED) is 0.783. The zero-order valence-electron chi connectivity index (χ0n) is 10.5. The fraction of sp³-hybridized carbons (Fsp3) is 0.615. The molecule has 0 N–H and O–H groups in total. The van der Waals surface area contributed by atoms with Crippen molar-refractivity contribution in [1.82, 2.24) is 4.98 Å². The first-order valence-corrected chi connectivity index (χ1v) is 6.86. The Morgan fingerprint density at radius 2 is 2.12 bits per heavy atom. The maximum atomic E-state index is 13.9. The Morgan fingerprint density at radius 3 is 2.76 bits per heavy atom. The zero-order chi connectivity index (χ0) is 12.6. The normalized spacial score (nSPS) is 29.5. The van der Waals surface area contributed by atoms with Crippen LogP contribution < -0.4 is 4.90 Å². The molecule has 0 radical (unpaired) electrons. The molecular weight excluding hydrogens is 283 g/mol. The van der Waals surface area contributed by atoms with Crippen LogP contribution >= 0.6 is 15.9 Å². The van der Waals surface area contributed by atoms with E-state index in [0.717, 1.165) is 6.54 Å². The Kier molecular flexibility index (Phi) is 3.71. The second-order valence-corrected chi connectivity index (χ2v) is 6.09. The van der Waals surface area contributed by atoms with E-state index in [1.54, 1.807) is 6.20 Å². The van der Waals surface area contributed by atoms with Gasteiger partial charge in [-0.1, -0.05) is 13.8 Å². The monoisotopic (exact) mass is 300 g/mol. The number of hydrogen-bond donors (Lipinski definition) is 0. The molecule has 2 rings (SSSR count). The summed E-state index contributed by atoms with van der Waals surface area (Å²) in [4.78, 5) is 6.32. The number of rotatable bonds is 1. The lowest BCUT2D eigenvalue weighted by Gasteiger charge is -2.41. The maximum absolute atomic E-state index is 13.9. The smallest absolute Gasteiger partial charge is 0.166 e. The first-order chi connectivity index (χ1) is 7.99. The lowest BCUT2D eigenvalue weighted by Crippen LogP contribution is -2.46. The average molecular weight is 301 g/mol. The molecule has 17 heavy (non-hydrogen) atoms. The van der Waals surface area contributed by atoms with Gasteiger partial charge in [0.15, 0.2) is 11.6 Å². The van der Waals surface area contributed by atoms with Crippen LogP contribution in [0.5, 0.6) is 0 Å². The Labute approximate surface area is 110 Å². The van der Waals surface area contributed by atoms with Crippen LogP contribution in [0.4, 0.5) is 10.2 Å². The van der Waals surface area contributed by atoms with Crippen LogP contribution in [0.25, 0.3) is 0 Å². The van der Waals surface area contributed by atoms with Gasteiger partial charge in [-0.25, -0.2) is 9.37 Å². The number of anilines is 1. The van der Waals surface area contributed by atoms with E-state index in [9.17, 15) is 4.39 Å². The minimum atomic E-state index is -0.243. The second kappa shape index (κ2) is 4.92. The Balaban J connectivity index is 2.31. The van der Waals surface area contributed by atoms with Crippen molar-refractivity contribution in [2.45, 2.75) is 33.2 Å². The lowest BCUT2D eigenvalue weighted by molar-refractivity contribution is 0.293. The van der Waals surface area contributed by atoms with Gasteiger partial charge in [-0.15, -0.1) is 0 Å². The number of nitrogens with zero attached hydrogens (tertiary/aromatic N) is 2. The Bertz CT molecular complexity index is 410. The van der Waals surface area contributed by atoms with Gasteiger partial charge in [-0.2, -0.15) is 0 Å². The molecule has 1 aromatic heterocycles. The molecule has 1 saturated heterocycles. The van der Waals surface area contributed by atoms with Crippen LogP contribution in [0.3, 0.4) is 0 Å². The summed E-state index contributed by atoms with van der Waals surface area (Å²) >= 11 is 3.24. The molecule has 1 aliphatic rings. The molecule has 0 bridgehead atoms. The molecule has 3 atom stereocenters. The minimum Gasteiger partial charge on any atom is -0.351 e. The van der Waals surface area contributed by atoms with Gasteiger partial charge in [-0.3, -0.25) is 0 Å². The average Bonchev–Trinajstić information content (AvgIpc) is 2.24. The van der Waals surface area contributed by atoms with Crippen molar-refractivity contribution in [1.29, 1.82) is 0 Å². The molecule has 3 unspecified atom stereocenters. The lowest BCUT2D eigenvalue weighted by atomic mass is 9.86. The number of hydrogen-bond acceptors (Lipinski definition) is 2. The van der Waals surface area contributed by atoms with E-state index in [-0.39, 0.29) is 5.82 Å². The number of halogens is 2. The summed E-state index contributed by atoms with van der Waals surface area (Å²) in [6.45, 7) is 7.48. The van der Waals surface area contributed by atoms with Gasteiger partial charge in [0.1, 0.15) is 0 Å². The number of aromatic nitrogens is 1. The predicted octanol–water partition coefficient (Wildman–Crippen LogP) is 3.85. The minimum absolute atomic E-state index is 0.243. The summed E-state index contributed by atoms with van der Waals surface area (Å²) < 4.78 is 14.6. The maximum Gasteiger partial charge on any atom is 0.166 e. The largest absolute Gasteiger partial charge is 0.351 e. The molecule has 4 heteroatoms. The van der Waals surface area contributed by atoms with Gasteiger partial charge in [0.05, 0.1) is 0 Å². The highest BCUT2D eigenvalue weighted by Crippen LogP contribution is 2.32. The summed E-state index contributed by atoms with van der Waals surface area (Å²) in [6, 6.07) is 1.83. The zero-order valence-corrected chi connectivity index (χ0v) is 12.0. The van der Waals surface area contributed by atoms with Crippen LogP contribution in [-0.4, -0.2) is 17.6 Å². The Morgan fingerprint density at radius 1 is 1.41 bits per heavy atom. The predicted molar refractivity (Wildman–Crippen MR) is 71.6 cm³/mol. The highest BCUT2D eigenvalue weighted by molar-refractivity contribution is 9.10. The molecular formula is C13H18BrFN2. The van der Waals surface area contributed by atoms with E-state index in [4.69, 9.17) is 0 Å². The van der Waals surface area contributed by atoms with Gasteiger partial charge >= 0.3 is 0 Å². The molecule has 0 spiro atoms. The van der Waals surface area contributed by atoms with Crippen molar-refractivity contribution in [2.24, 2.45) is 11.8 Å². The summed E-state index contributed by atoms with van der Waals surface area (Å²) in [7, 11) is 0. The first-order valence-electron chi connectivity index (χ1n) is 6.06. The number of piperidine rings is 1. The SMILES string of the molecule is CC1CC(C)C(C)N(c2ncc(Br)cc2F)C1. The fourth-order valence-corrected chi connectivity index (χ4v) is 2.92. The standard InChI is InChI=1S/C13H18BrFN2/c1-8-4-9(2)10(3)17(7-8)13-12(15)5-11(14)6-16-13/h5-6,8-10H,4,7H2,1-3H3. The molecule has 0 aliphatic carbocycles. The van der Waals surface area contributed by atoms with Crippen LogP contribution in [0.2, 0.25) is 0 Å². The molecule has 0 saturated carbocycles. The molecule has 1 aromatic rings. The van der Waals surface area contributed by atoms with Gasteiger partial charge in [0, 0.05) is 23.3 Å². The van der Waals surface area contributed by atoms with Gasteiger partial charge in [0.25, 0.3) is 0 Å². The van der Waals surface area contributed by atoms with Crippen molar-refractivity contribution < 1.29 is 4.39 Å².